The normalized spacial score (nSPS) is 27.0. The molecule has 44 heavy (non-hydrogen) atoms. The predicted octanol–water partition coefficient (Wildman–Crippen LogP) is 5.43. The number of pyridine rings is 1. The van der Waals surface area contributed by atoms with Gasteiger partial charge in [-0.1, -0.05) is 11.6 Å². The summed E-state index contributed by atoms with van der Waals surface area (Å²) in [5.74, 6) is -2.80. The highest BCUT2D eigenvalue weighted by Crippen LogP contribution is 2.47. The van der Waals surface area contributed by atoms with Crippen molar-refractivity contribution in [1.82, 2.24) is 25.2 Å². The van der Waals surface area contributed by atoms with Gasteiger partial charge in [-0.05, 0) is 50.8 Å². The van der Waals surface area contributed by atoms with Crippen molar-refractivity contribution in [2.24, 2.45) is 0 Å². The average Bonchev–Trinajstić information content (AvgIpc) is 3.59. The molecular weight excluding hydrogens is 612 g/mol. The van der Waals surface area contributed by atoms with Crippen LogP contribution in [0.5, 0.6) is 6.01 Å². The molecule has 15 heteroatoms. The summed E-state index contributed by atoms with van der Waals surface area (Å²) in [7, 11) is 0. The molecule has 8 nitrogen and oxygen atoms in total. The lowest BCUT2D eigenvalue weighted by atomic mass is 9.95. The maximum absolute atomic E-state index is 16.6. The highest BCUT2D eigenvalue weighted by atomic mass is 35.5. The summed E-state index contributed by atoms with van der Waals surface area (Å²) in [6.45, 7) is 3.02. The Morgan fingerprint density at radius 2 is 1.84 bits per heavy atom. The lowest BCUT2D eigenvalue weighted by Crippen LogP contribution is -2.51. The Bertz CT molecular complexity index is 1650. The number of nitrogens with one attached hydrogen (secondary N) is 1. The number of nitrogen functional groups attached to an aromatic ring is 1. The summed E-state index contributed by atoms with van der Waals surface area (Å²) in [6.07, 6.45) is -2.40. The van der Waals surface area contributed by atoms with Gasteiger partial charge in [-0.15, -0.1) is 0 Å². The van der Waals surface area contributed by atoms with E-state index in [-0.39, 0.29) is 60.3 Å². The molecule has 0 amide bonds. The van der Waals surface area contributed by atoms with Gasteiger partial charge in [0.15, 0.2) is 11.6 Å². The van der Waals surface area contributed by atoms with Crippen LogP contribution in [-0.2, 0) is 6.18 Å². The predicted molar refractivity (Wildman–Crippen MR) is 153 cm³/mol. The van der Waals surface area contributed by atoms with Crippen molar-refractivity contribution >= 4 is 34.1 Å². The van der Waals surface area contributed by atoms with E-state index in [0.717, 1.165) is 32.3 Å². The Morgan fingerprint density at radius 3 is 2.55 bits per heavy atom. The Labute approximate surface area is 253 Å². The molecule has 2 unspecified atom stereocenters. The van der Waals surface area contributed by atoms with E-state index in [1.54, 1.807) is 4.90 Å². The van der Waals surface area contributed by atoms with Crippen LogP contribution in [0.1, 0.15) is 43.2 Å². The second-order valence-electron chi connectivity index (χ2n) is 12.4. The zero-order valence-corrected chi connectivity index (χ0v) is 24.5. The third kappa shape index (κ3) is 4.80. The number of nitrogens with zero attached hydrogens (tertiary/aromatic N) is 5. The molecule has 2 aromatic heterocycles. The van der Waals surface area contributed by atoms with Crippen LogP contribution in [0.3, 0.4) is 0 Å². The lowest BCUT2D eigenvalue weighted by molar-refractivity contribution is -0.137. The fourth-order valence-corrected chi connectivity index (χ4v) is 7.85. The number of benzene rings is 1. The minimum absolute atomic E-state index is 0.0178. The fraction of sp³-hybridized carbons (Fsp3) is 0.552. The third-order valence-corrected chi connectivity index (χ3v) is 9.79. The number of anilines is 2. The van der Waals surface area contributed by atoms with Crippen LogP contribution in [0.25, 0.3) is 22.2 Å². The number of hydrogen-bond acceptors (Lipinski definition) is 8. The topological polar surface area (TPSA) is 92.4 Å². The van der Waals surface area contributed by atoms with Crippen LogP contribution < -0.4 is 20.7 Å². The first-order valence-electron chi connectivity index (χ1n) is 14.6. The van der Waals surface area contributed by atoms with Crippen molar-refractivity contribution < 1.29 is 31.1 Å². The number of fused-ring (bicyclic) bond motifs is 4. The van der Waals surface area contributed by atoms with Gasteiger partial charge in [0.25, 0.3) is 0 Å². The van der Waals surface area contributed by atoms with Gasteiger partial charge in [-0.2, -0.15) is 23.1 Å². The Morgan fingerprint density at radius 1 is 1.11 bits per heavy atom. The van der Waals surface area contributed by atoms with Gasteiger partial charge in [-0.3, -0.25) is 4.90 Å². The monoisotopic (exact) mass is 641 g/mol. The van der Waals surface area contributed by atoms with Gasteiger partial charge in [0, 0.05) is 38.1 Å². The minimum atomic E-state index is -4.98. The number of ether oxygens (including phenoxy) is 1. The molecule has 4 aliphatic heterocycles. The molecule has 3 N–H and O–H groups in total. The molecule has 6 heterocycles. The fourth-order valence-electron chi connectivity index (χ4n) is 7.58. The minimum Gasteiger partial charge on any atom is -0.461 e. The van der Waals surface area contributed by atoms with Crippen LogP contribution in [0, 0.1) is 18.6 Å². The smallest absolute Gasteiger partial charge is 0.418 e. The summed E-state index contributed by atoms with van der Waals surface area (Å²) < 4.78 is 95.9. The largest absolute Gasteiger partial charge is 0.461 e. The molecule has 0 saturated carbocycles. The molecule has 0 spiro atoms. The van der Waals surface area contributed by atoms with Crippen molar-refractivity contribution in [3.05, 3.63) is 33.9 Å². The maximum Gasteiger partial charge on any atom is 0.418 e. The van der Waals surface area contributed by atoms with E-state index < -0.39 is 56.9 Å². The summed E-state index contributed by atoms with van der Waals surface area (Å²) in [5.41, 5.74) is 1.11. The summed E-state index contributed by atoms with van der Waals surface area (Å²) in [4.78, 5) is 16.3. The van der Waals surface area contributed by atoms with E-state index in [0.29, 0.717) is 26.1 Å². The number of halogens is 7. The highest BCUT2D eigenvalue weighted by molar-refractivity contribution is 6.34. The zero-order valence-electron chi connectivity index (χ0n) is 23.7. The maximum atomic E-state index is 16.6. The SMILES string of the molecule is Cc1cc(N)nc(-c2c(Cl)c(F)c3c(N4CC5CCC(C4)N5)nc(OC[C@@]45CCCN4C[C@H](F)C5)nc3c2F)c1C(F)(F)F. The first-order chi connectivity index (χ1) is 20.8. The molecule has 236 valence electrons. The Kier molecular flexibility index (Phi) is 7.05. The van der Waals surface area contributed by atoms with Crippen molar-refractivity contribution in [2.75, 3.05) is 43.4 Å². The molecule has 0 radical (unpaired) electrons. The molecule has 4 aliphatic rings. The Hall–Kier alpha value is -3.10. The van der Waals surface area contributed by atoms with Crippen molar-refractivity contribution in [3.8, 4) is 17.3 Å². The standard InChI is InChI=1S/C29H30ClF6N7O/c1-13-7-17(37)39-24(20(13)29(34,35)36)18-21(30)22(32)19-25(23(18)33)40-27(41-26(19)42-10-15-3-4-16(11-42)38-15)44-12-28-5-2-6-43(28)9-14(31)8-28/h7,14-16,38H,2-6,8-12H2,1H3,(H2,37,39)/t14-,15?,16?,28+/m1/s1. The quantitative estimate of drug-likeness (QED) is 0.282. The number of alkyl halides is 4. The number of aromatic nitrogens is 3. The second kappa shape index (κ2) is 10.5. The molecule has 4 fully saturated rings. The second-order valence-corrected chi connectivity index (χ2v) is 12.7. The molecule has 4 atom stereocenters. The van der Waals surface area contributed by atoms with Crippen molar-refractivity contribution in [1.29, 1.82) is 0 Å². The molecule has 3 aromatic rings. The summed E-state index contributed by atoms with van der Waals surface area (Å²) in [6, 6.07) is 0.884. The van der Waals surface area contributed by atoms with Crippen LogP contribution in [0.15, 0.2) is 6.07 Å². The third-order valence-electron chi connectivity index (χ3n) is 9.43. The summed E-state index contributed by atoms with van der Waals surface area (Å²) >= 11 is 6.36. The Balaban J connectivity index is 1.41. The van der Waals surface area contributed by atoms with Crippen LogP contribution in [0.4, 0.5) is 38.0 Å². The van der Waals surface area contributed by atoms with E-state index >= 15 is 8.78 Å². The van der Waals surface area contributed by atoms with E-state index in [1.165, 1.54) is 0 Å². The zero-order chi connectivity index (χ0) is 31.1. The molecular formula is C29H30ClF6N7O. The molecule has 0 aliphatic carbocycles. The van der Waals surface area contributed by atoms with E-state index in [2.05, 4.69) is 20.3 Å². The first kappa shape index (κ1) is 29.6. The van der Waals surface area contributed by atoms with E-state index in [9.17, 15) is 17.6 Å². The van der Waals surface area contributed by atoms with Gasteiger partial charge in [0.05, 0.1) is 32.8 Å². The average molecular weight is 642 g/mol. The van der Waals surface area contributed by atoms with Gasteiger partial charge >= 0.3 is 12.2 Å². The van der Waals surface area contributed by atoms with Crippen LogP contribution in [-0.4, -0.2) is 76.4 Å². The number of aryl methyl sites for hydroxylation is 1. The van der Waals surface area contributed by atoms with Crippen LogP contribution in [0.2, 0.25) is 5.02 Å². The van der Waals surface area contributed by atoms with Crippen molar-refractivity contribution in [3.63, 3.8) is 0 Å². The van der Waals surface area contributed by atoms with E-state index in [1.807, 2.05) is 4.90 Å². The molecule has 1 aromatic carbocycles. The number of nitrogens with two attached hydrogens (primary N) is 1. The lowest BCUT2D eigenvalue weighted by Gasteiger charge is -2.35. The molecule has 7 rings (SSSR count). The van der Waals surface area contributed by atoms with Gasteiger partial charge in [0.2, 0.25) is 0 Å². The number of hydrogen-bond donors (Lipinski definition) is 2. The van der Waals surface area contributed by atoms with Gasteiger partial charge < -0.3 is 20.7 Å². The summed E-state index contributed by atoms with van der Waals surface area (Å²) in [5, 5.41) is 2.20. The van der Waals surface area contributed by atoms with Gasteiger partial charge in [-0.25, -0.2) is 18.2 Å². The van der Waals surface area contributed by atoms with Crippen LogP contribution >= 0.6 is 11.6 Å². The number of piperazine rings is 1. The van der Waals surface area contributed by atoms with Crippen molar-refractivity contribution in [2.45, 2.75) is 69.0 Å². The van der Waals surface area contributed by atoms with E-state index in [4.69, 9.17) is 22.1 Å². The molecule has 4 saturated heterocycles. The first-order valence-corrected chi connectivity index (χ1v) is 15.0. The number of rotatable bonds is 5. The highest BCUT2D eigenvalue weighted by Gasteiger charge is 2.49. The molecule has 2 bridgehead atoms. The van der Waals surface area contributed by atoms with Gasteiger partial charge in [0.1, 0.15) is 29.9 Å².